The third kappa shape index (κ3) is 2.52. The average Bonchev–Trinajstić information content (AvgIpc) is 2.81. The van der Waals surface area contributed by atoms with Crippen molar-refractivity contribution in [2.24, 2.45) is 0 Å². The first-order chi connectivity index (χ1) is 9.81. The van der Waals surface area contributed by atoms with Crippen molar-refractivity contribution in [2.75, 3.05) is 6.54 Å². The zero-order valence-electron chi connectivity index (χ0n) is 12.2. The molecule has 3 heteroatoms. The highest BCUT2D eigenvalue weighted by Gasteiger charge is 2.26. The fraction of sp³-hybridized carbons (Fsp3) is 0.471. The number of hydrogen-bond donors (Lipinski definition) is 1. The molecule has 1 aliphatic carbocycles. The van der Waals surface area contributed by atoms with Gasteiger partial charge in [0.15, 0.2) is 0 Å². The van der Waals surface area contributed by atoms with Crippen molar-refractivity contribution in [1.82, 2.24) is 10.3 Å². The average molecular weight is 286 g/mol. The van der Waals surface area contributed by atoms with E-state index in [1.54, 1.807) is 11.3 Å². The van der Waals surface area contributed by atoms with Crippen LogP contribution in [0.3, 0.4) is 0 Å². The SMILES string of the molecule is CCNC(c1ccccc1C1CCC1)c1scnc1C. The fourth-order valence-corrected chi connectivity index (χ4v) is 3.89. The van der Waals surface area contributed by atoms with E-state index in [4.69, 9.17) is 0 Å². The van der Waals surface area contributed by atoms with E-state index < -0.39 is 0 Å². The summed E-state index contributed by atoms with van der Waals surface area (Å²) in [7, 11) is 0. The van der Waals surface area contributed by atoms with Crippen LogP contribution in [0, 0.1) is 6.92 Å². The molecular weight excluding hydrogens is 264 g/mol. The predicted molar refractivity (Wildman–Crippen MR) is 85.4 cm³/mol. The van der Waals surface area contributed by atoms with Crippen LogP contribution in [0.5, 0.6) is 0 Å². The Bertz CT molecular complexity index is 572. The van der Waals surface area contributed by atoms with Gasteiger partial charge in [-0.05, 0) is 43.4 Å². The van der Waals surface area contributed by atoms with E-state index in [-0.39, 0.29) is 0 Å². The van der Waals surface area contributed by atoms with Crippen molar-refractivity contribution in [3.8, 4) is 0 Å². The molecule has 1 aliphatic rings. The zero-order chi connectivity index (χ0) is 13.9. The monoisotopic (exact) mass is 286 g/mol. The number of rotatable bonds is 5. The van der Waals surface area contributed by atoms with Crippen LogP contribution in [-0.2, 0) is 0 Å². The number of aryl methyl sites for hydroxylation is 1. The van der Waals surface area contributed by atoms with Crippen molar-refractivity contribution < 1.29 is 0 Å². The van der Waals surface area contributed by atoms with Crippen LogP contribution in [-0.4, -0.2) is 11.5 Å². The highest BCUT2D eigenvalue weighted by molar-refractivity contribution is 7.09. The van der Waals surface area contributed by atoms with Gasteiger partial charge < -0.3 is 5.32 Å². The molecule has 1 fully saturated rings. The second kappa shape index (κ2) is 6.06. The van der Waals surface area contributed by atoms with Gasteiger partial charge in [0, 0.05) is 4.88 Å². The van der Waals surface area contributed by atoms with Gasteiger partial charge in [-0.15, -0.1) is 11.3 Å². The van der Waals surface area contributed by atoms with Crippen LogP contribution in [0.15, 0.2) is 29.8 Å². The third-order valence-electron chi connectivity index (χ3n) is 4.31. The van der Waals surface area contributed by atoms with Gasteiger partial charge in [0.05, 0.1) is 17.2 Å². The number of hydrogen-bond acceptors (Lipinski definition) is 3. The predicted octanol–water partition coefficient (Wildman–Crippen LogP) is 4.42. The Kier molecular flexibility index (Phi) is 4.18. The molecule has 1 atom stereocenters. The summed E-state index contributed by atoms with van der Waals surface area (Å²) in [5.41, 5.74) is 6.11. The van der Waals surface area contributed by atoms with Crippen molar-refractivity contribution in [3.63, 3.8) is 0 Å². The first-order valence-electron chi connectivity index (χ1n) is 7.53. The summed E-state index contributed by atoms with van der Waals surface area (Å²) in [6.45, 7) is 5.26. The molecule has 1 N–H and O–H groups in total. The molecule has 0 bridgehead atoms. The topological polar surface area (TPSA) is 24.9 Å². The van der Waals surface area contributed by atoms with Gasteiger partial charge in [0.2, 0.25) is 0 Å². The Morgan fingerprint density at radius 1 is 1.35 bits per heavy atom. The minimum absolute atomic E-state index is 0.296. The zero-order valence-corrected chi connectivity index (χ0v) is 13.0. The molecule has 0 spiro atoms. The van der Waals surface area contributed by atoms with Crippen molar-refractivity contribution in [3.05, 3.63) is 51.5 Å². The van der Waals surface area contributed by atoms with Gasteiger partial charge in [-0.25, -0.2) is 4.98 Å². The lowest BCUT2D eigenvalue weighted by molar-refractivity contribution is 0.414. The molecule has 2 aromatic rings. The summed E-state index contributed by atoms with van der Waals surface area (Å²) in [4.78, 5) is 5.79. The second-order valence-corrected chi connectivity index (χ2v) is 6.44. The molecule has 0 aliphatic heterocycles. The van der Waals surface area contributed by atoms with Crippen molar-refractivity contribution in [2.45, 2.75) is 45.1 Å². The third-order valence-corrected chi connectivity index (χ3v) is 5.30. The standard InChI is InChI=1S/C17H22N2S/c1-3-18-16(17-12(2)19-11-20-17)15-10-5-4-9-14(15)13-7-6-8-13/h4-5,9-11,13,16,18H,3,6-8H2,1-2H3. The highest BCUT2D eigenvalue weighted by Crippen LogP contribution is 2.41. The summed E-state index contributed by atoms with van der Waals surface area (Å²) in [6.07, 6.45) is 4.07. The minimum atomic E-state index is 0.296. The number of nitrogens with zero attached hydrogens (tertiary/aromatic N) is 1. The lowest BCUT2D eigenvalue weighted by Crippen LogP contribution is -2.24. The molecule has 0 saturated heterocycles. The number of aromatic nitrogens is 1. The highest BCUT2D eigenvalue weighted by atomic mass is 32.1. The van der Waals surface area contributed by atoms with Crippen molar-refractivity contribution in [1.29, 1.82) is 0 Å². The van der Waals surface area contributed by atoms with Gasteiger partial charge in [-0.2, -0.15) is 0 Å². The van der Waals surface area contributed by atoms with Gasteiger partial charge in [0.25, 0.3) is 0 Å². The van der Waals surface area contributed by atoms with Crippen LogP contribution >= 0.6 is 11.3 Å². The van der Waals surface area contributed by atoms with Gasteiger partial charge in [-0.1, -0.05) is 37.6 Å². The van der Waals surface area contributed by atoms with Gasteiger partial charge in [-0.3, -0.25) is 0 Å². The molecule has 0 amide bonds. The second-order valence-electron chi connectivity index (χ2n) is 5.55. The summed E-state index contributed by atoms with van der Waals surface area (Å²) < 4.78 is 0. The van der Waals surface area contributed by atoms with E-state index in [0.29, 0.717) is 6.04 Å². The number of benzene rings is 1. The molecule has 1 unspecified atom stereocenters. The summed E-state index contributed by atoms with van der Waals surface area (Å²) in [5, 5.41) is 3.66. The largest absolute Gasteiger partial charge is 0.306 e. The lowest BCUT2D eigenvalue weighted by Gasteiger charge is -2.30. The molecule has 20 heavy (non-hydrogen) atoms. The van der Waals surface area contributed by atoms with Crippen molar-refractivity contribution >= 4 is 11.3 Å². The van der Waals surface area contributed by atoms with E-state index in [0.717, 1.165) is 18.2 Å². The Morgan fingerprint density at radius 3 is 2.75 bits per heavy atom. The van der Waals surface area contributed by atoms with E-state index in [2.05, 4.69) is 48.4 Å². The summed E-state index contributed by atoms with van der Waals surface area (Å²) in [5.74, 6) is 0.764. The molecule has 1 aromatic heterocycles. The first-order valence-corrected chi connectivity index (χ1v) is 8.41. The number of thiazole rings is 1. The van der Waals surface area contributed by atoms with Crippen LogP contribution in [0.2, 0.25) is 0 Å². The quantitative estimate of drug-likeness (QED) is 0.880. The normalized spacial score (nSPS) is 16.9. The Morgan fingerprint density at radius 2 is 2.15 bits per heavy atom. The lowest BCUT2D eigenvalue weighted by atomic mass is 9.77. The maximum Gasteiger partial charge on any atom is 0.0798 e. The van der Waals surface area contributed by atoms with E-state index in [1.807, 2.05) is 5.51 Å². The smallest absolute Gasteiger partial charge is 0.0798 e. The fourth-order valence-electron chi connectivity index (χ4n) is 3.00. The van der Waals surface area contributed by atoms with E-state index in [1.165, 1.54) is 35.3 Å². The van der Waals surface area contributed by atoms with Gasteiger partial charge in [0.1, 0.15) is 0 Å². The first kappa shape index (κ1) is 13.8. The maximum absolute atomic E-state index is 4.43. The molecule has 0 radical (unpaired) electrons. The Balaban J connectivity index is 2.01. The van der Waals surface area contributed by atoms with Crippen LogP contribution in [0.4, 0.5) is 0 Å². The molecule has 106 valence electrons. The van der Waals surface area contributed by atoms with Crippen LogP contribution in [0.25, 0.3) is 0 Å². The van der Waals surface area contributed by atoms with E-state index >= 15 is 0 Å². The maximum atomic E-state index is 4.43. The Hall–Kier alpha value is -1.19. The van der Waals surface area contributed by atoms with E-state index in [9.17, 15) is 0 Å². The molecule has 1 saturated carbocycles. The van der Waals surface area contributed by atoms with Gasteiger partial charge >= 0.3 is 0 Å². The molecule has 3 rings (SSSR count). The van der Waals surface area contributed by atoms with Crippen LogP contribution in [0.1, 0.15) is 59.8 Å². The number of nitrogens with one attached hydrogen (secondary N) is 1. The van der Waals surface area contributed by atoms with Crippen LogP contribution < -0.4 is 5.32 Å². The molecular formula is C17H22N2S. The minimum Gasteiger partial charge on any atom is -0.306 e. The summed E-state index contributed by atoms with van der Waals surface area (Å²) in [6, 6.07) is 9.25. The molecule has 2 nitrogen and oxygen atoms in total. The molecule has 1 heterocycles. The molecule has 1 aromatic carbocycles. The summed E-state index contributed by atoms with van der Waals surface area (Å²) >= 11 is 1.76. The Labute approximate surface area is 125 Å².